The highest BCUT2D eigenvalue weighted by Gasteiger charge is 2.25. The minimum absolute atomic E-state index is 0.105. The van der Waals surface area contributed by atoms with Crippen LogP contribution in [0, 0.1) is 0 Å². The second-order valence-corrected chi connectivity index (χ2v) is 10.6. The highest BCUT2D eigenvalue weighted by atomic mass is 31.2. The van der Waals surface area contributed by atoms with Gasteiger partial charge in [0.2, 0.25) is 0 Å². The Morgan fingerprint density at radius 3 is 2.03 bits per heavy atom. The van der Waals surface area contributed by atoms with Crippen LogP contribution >= 0.6 is 7.82 Å². The molecular weight excluding hydrogens is 403 g/mol. The van der Waals surface area contributed by atoms with Gasteiger partial charge in [0.25, 0.3) is 0 Å². The molecule has 0 aromatic heterocycles. The summed E-state index contributed by atoms with van der Waals surface area (Å²) in [5, 5.41) is 10.1. The normalized spacial score (nSPS) is 16.6. The second-order valence-electron chi connectivity index (χ2n) is 9.16. The molecule has 4 N–H and O–H groups in total. The lowest BCUT2D eigenvalue weighted by atomic mass is 10.1. The SMILES string of the molecule is CCCCCCCCCCCC/C=C/[C@@H](O)[C@@H](N)COP(=O)(O)OCC[N+](C)(C)C. The molecule has 3 atom stereocenters. The van der Waals surface area contributed by atoms with E-state index in [1.807, 2.05) is 27.2 Å². The molecule has 0 bridgehead atoms. The molecule has 0 aromatic carbocycles. The molecule has 0 aromatic rings. The monoisotopic (exact) mass is 451 g/mol. The van der Waals surface area contributed by atoms with Crippen LogP contribution in [0.1, 0.15) is 77.6 Å². The van der Waals surface area contributed by atoms with Crippen molar-refractivity contribution in [2.45, 2.75) is 89.7 Å². The van der Waals surface area contributed by atoms with Crippen molar-refractivity contribution in [1.82, 2.24) is 0 Å². The minimum Gasteiger partial charge on any atom is -0.387 e. The van der Waals surface area contributed by atoms with Crippen LogP contribution in [0.3, 0.4) is 0 Å². The summed E-state index contributed by atoms with van der Waals surface area (Å²) in [6.07, 6.45) is 16.5. The third kappa shape index (κ3) is 19.7. The van der Waals surface area contributed by atoms with Gasteiger partial charge in [-0.2, -0.15) is 0 Å². The van der Waals surface area contributed by atoms with E-state index in [9.17, 15) is 14.6 Å². The number of phosphoric ester groups is 1. The van der Waals surface area contributed by atoms with Gasteiger partial charge in [-0.15, -0.1) is 0 Å². The number of hydrogen-bond acceptors (Lipinski definition) is 5. The molecule has 7 nitrogen and oxygen atoms in total. The van der Waals surface area contributed by atoms with Crippen molar-refractivity contribution >= 4 is 7.82 Å². The molecule has 30 heavy (non-hydrogen) atoms. The summed E-state index contributed by atoms with van der Waals surface area (Å²) in [6, 6.07) is -0.781. The maximum absolute atomic E-state index is 11.8. The van der Waals surface area contributed by atoms with Gasteiger partial charge < -0.3 is 20.2 Å². The van der Waals surface area contributed by atoms with Crippen molar-refractivity contribution in [2.75, 3.05) is 40.9 Å². The number of rotatable bonds is 20. The van der Waals surface area contributed by atoms with Gasteiger partial charge in [0.1, 0.15) is 13.2 Å². The molecule has 8 heteroatoms. The Labute approximate surface area is 184 Å². The average molecular weight is 452 g/mol. The Morgan fingerprint density at radius 2 is 1.50 bits per heavy atom. The molecule has 0 amide bonds. The third-order valence-corrected chi connectivity index (χ3v) is 5.93. The predicted octanol–water partition coefficient (Wildman–Crippen LogP) is 4.38. The van der Waals surface area contributed by atoms with Crippen molar-refractivity contribution in [3.05, 3.63) is 12.2 Å². The van der Waals surface area contributed by atoms with Crippen molar-refractivity contribution < 1.29 is 28.1 Å². The van der Waals surface area contributed by atoms with E-state index < -0.39 is 20.0 Å². The summed E-state index contributed by atoms with van der Waals surface area (Å²) in [6.45, 7) is 2.67. The summed E-state index contributed by atoms with van der Waals surface area (Å²) in [7, 11) is 1.72. The third-order valence-electron chi connectivity index (χ3n) is 4.94. The Hall–Kier alpha value is -0.270. The van der Waals surface area contributed by atoms with E-state index in [1.165, 1.54) is 57.8 Å². The summed E-state index contributed by atoms with van der Waals surface area (Å²) < 4.78 is 22.3. The quantitative estimate of drug-likeness (QED) is 0.110. The molecule has 0 fully saturated rings. The Morgan fingerprint density at radius 1 is 0.967 bits per heavy atom. The van der Waals surface area contributed by atoms with E-state index in [1.54, 1.807) is 6.08 Å². The fraction of sp³-hybridized carbons (Fsp3) is 0.909. The number of hydrogen-bond donors (Lipinski definition) is 3. The average Bonchev–Trinajstić information content (AvgIpc) is 2.65. The summed E-state index contributed by atoms with van der Waals surface area (Å²) in [4.78, 5) is 9.68. The van der Waals surface area contributed by atoms with E-state index in [2.05, 4.69) is 6.92 Å². The molecule has 1 unspecified atom stereocenters. The molecule has 180 valence electrons. The Kier molecular flexibility index (Phi) is 17.1. The zero-order valence-electron chi connectivity index (χ0n) is 19.8. The zero-order valence-corrected chi connectivity index (χ0v) is 20.7. The van der Waals surface area contributed by atoms with Gasteiger partial charge in [0, 0.05) is 0 Å². The molecule has 0 aliphatic carbocycles. The number of phosphoric acid groups is 1. The van der Waals surface area contributed by atoms with Crippen LogP contribution < -0.4 is 5.73 Å². The number of nitrogens with two attached hydrogens (primary N) is 1. The van der Waals surface area contributed by atoms with E-state index in [-0.39, 0.29) is 13.2 Å². The molecule has 0 saturated carbocycles. The van der Waals surface area contributed by atoms with Crippen molar-refractivity contribution in [1.29, 1.82) is 0 Å². The van der Waals surface area contributed by atoms with Gasteiger partial charge in [-0.1, -0.05) is 76.9 Å². The maximum atomic E-state index is 11.8. The lowest BCUT2D eigenvalue weighted by Gasteiger charge is -2.24. The van der Waals surface area contributed by atoms with Crippen LogP contribution in [0.5, 0.6) is 0 Å². The second kappa shape index (κ2) is 17.3. The first kappa shape index (κ1) is 29.7. The summed E-state index contributed by atoms with van der Waals surface area (Å²) >= 11 is 0. The fourth-order valence-corrected chi connectivity index (χ4v) is 3.62. The van der Waals surface area contributed by atoms with E-state index in [0.29, 0.717) is 11.0 Å². The highest BCUT2D eigenvalue weighted by Crippen LogP contribution is 2.43. The molecule has 0 spiro atoms. The van der Waals surface area contributed by atoms with Crippen LogP contribution in [-0.4, -0.2) is 67.5 Å². The number of nitrogens with zero attached hydrogens (tertiary/aromatic N) is 1. The standard InChI is InChI=1S/C22H47N2O5P/c1-5-6-7-8-9-10-11-12-13-14-15-16-17-22(25)21(23)20-29-30(26,27)28-19-18-24(2,3)4/h16-17,21-22,25H,5-15,18-20,23H2,1-4H3/p+1/b17-16+/t21-,22+/m0/s1. The first-order valence-electron chi connectivity index (χ1n) is 11.6. The number of unbranched alkanes of at least 4 members (excludes halogenated alkanes) is 10. The molecule has 0 radical (unpaired) electrons. The Bertz CT molecular complexity index is 483. The number of allylic oxidation sites excluding steroid dienone is 1. The number of quaternary nitrogens is 1. The van der Waals surface area contributed by atoms with Gasteiger partial charge in [0.15, 0.2) is 0 Å². The van der Waals surface area contributed by atoms with E-state index in [0.717, 1.165) is 12.8 Å². The molecule has 0 heterocycles. The van der Waals surface area contributed by atoms with Crippen molar-refractivity contribution in [2.24, 2.45) is 5.73 Å². The zero-order chi connectivity index (χ0) is 22.9. The Balaban J connectivity index is 3.77. The first-order chi connectivity index (χ1) is 14.1. The molecule has 0 saturated heterocycles. The topological polar surface area (TPSA) is 102 Å². The first-order valence-corrected chi connectivity index (χ1v) is 13.1. The molecule has 0 aliphatic heterocycles. The summed E-state index contributed by atoms with van der Waals surface area (Å²) in [5.41, 5.74) is 5.84. The van der Waals surface area contributed by atoms with Crippen LogP contribution in [0.2, 0.25) is 0 Å². The number of aliphatic hydroxyl groups excluding tert-OH is 1. The number of likely N-dealkylation sites (N-methyl/N-ethyl adjacent to an activating group) is 1. The van der Waals surface area contributed by atoms with Crippen molar-refractivity contribution in [3.8, 4) is 0 Å². The predicted molar refractivity (Wildman–Crippen MR) is 124 cm³/mol. The largest absolute Gasteiger partial charge is 0.472 e. The van der Waals surface area contributed by atoms with Crippen LogP contribution in [-0.2, 0) is 13.6 Å². The van der Waals surface area contributed by atoms with Gasteiger partial charge in [-0.05, 0) is 12.8 Å². The highest BCUT2D eigenvalue weighted by molar-refractivity contribution is 7.47. The molecule has 0 rings (SSSR count). The molecular formula is C22H48N2O5P+. The lowest BCUT2D eigenvalue weighted by molar-refractivity contribution is -0.870. The van der Waals surface area contributed by atoms with Gasteiger partial charge >= 0.3 is 7.82 Å². The molecule has 0 aliphatic rings. The lowest BCUT2D eigenvalue weighted by Crippen LogP contribution is -2.38. The minimum atomic E-state index is -4.16. The summed E-state index contributed by atoms with van der Waals surface area (Å²) in [5.74, 6) is 0. The van der Waals surface area contributed by atoms with E-state index >= 15 is 0 Å². The van der Waals surface area contributed by atoms with Crippen LogP contribution in [0.25, 0.3) is 0 Å². The van der Waals surface area contributed by atoms with Gasteiger partial charge in [-0.25, -0.2) is 4.57 Å². The number of aliphatic hydroxyl groups is 1. The fourth-order valence-electron chi connectivity index (χ4n) is 2.87. The van der Waals surface area contributed by atoms with Crippen molar-refractivity contribution in [3.63, 3.8) is 0 Å². The maximum Gasteiger partial charge on any atom is 0.472 e. The van der Waals surface area contributed by atoms with Crippen LogP contribution in [0.4, 0.5) is 0 Å². The van der Waals surface area contributed by atoms with Gasteiger partial charge in [-0.3, -0.25) is 9.05 Å². The smallest absolute Gasteiger partial charge is 0.387 e. The van der Waals surface area contributed by atoms with E-state index in [4.69, 9.17) is 14.8 Å². The van der Waals surface area contributed by atoms with Crippen LogP contribution in [0.15, 0.2) is 12.2 Å². The van der Waals surface area contributed by atoms with Gasteiger partial charge in [0.05, 0.1) is 39.9 Å².